The predicted octanol–water partition coefficient (Wildman–Crippen LogP) is 2.57. The molecule has 2 aliphatic rings. The molecule has 0 radical (unpaired) electrons. The Kier molecular flexibility index (Phi) is 4.77. The van der Waals surface area contributed by atoms with Crippen LogP contribution in [0, 0.1) is 6.92 Å². The number of piperidine rings is 1. The minimum absolute atomic E-state index is 0.172. The van der Waals surface area contributed by atoms with Crippen molar-refractivity contribution in [1.29, 1.82) is 0 Å². The lowest BCUT2D eigenvalue weighted by Gasteiger charge is -2.39. The highest BCUT2D eigenvalue weighted by Gasteiger charge is 2.29. The van der Waals surface area contributed by atoms with Crippen molar-refractivity contribution in [2.75, 3.05) is 39.4 Å². The Morgan fingerprint density at radius 3 is 2.84 bits per heavy atom. The van der Waals surface area contributed by atoms with Crippen LogP contribution in [-0.4, -0.2) is 65.5 Å². The van der Waals surface area contributed by atoms with Crippen LogP contribution in [0.15, 0.2) is 30.6 Å². The molecular formula is C20H27N3O2. The fourth-order valence-corrected chi connectivity index (χ4v) is 4.08. The Bertz CT molecular complexity index is 748. The predicted molar refractivity (Wildman–Crippen MR) is 98.1 cm³/mol. The second-order valence-corrected chi connectivity index (χ2v) is 7.33. The van der Waals surface area contributed by atoms with Gasteiger partial charge in [-0.15, -0.1) is 0 Å². The maximum absolute atomic E-state index is 13.2. The molecule has 1 unspecified atom stereocenters. The van der Waals surface area contributed by atoms with Gasteiger partial charge < -0.3 is 14.0 Å². The number of fused-ring (bicyclic) bond motifs is 1. The monoisotopic (exact) mass is 341 g/mol. The summed E-state index contributed by atoms with van der Waals surface area (Å²) in [7, 11) is 0. The molecule has 2 aromatic heterocycles. The first kappa shape index (κ1) is 16.6. The zero-order valence-electron chi connectivity index (χ0n) is 15.0. The molecule has 0 saturated carbocycles. The Morgan fingerprint density at radius 2 is 2.00 bits per heavy atom. The molecule has 4 rings (SSSR count). The van der Waals surface area contributed by atoms with Gasteiger partial charge in [0.15, 0.2) is 0 Å². The van der Waals surface area contributed by atoms with Crippen LogP contribution in [0.3, 0.4) is 0 Å². The Labute approximate surface area is 149 Å². The molecule has 5 nitrogen and oxygen atoms in total. The zero-order chi connectivity index (χ0) is 17.2. The average Bonchev–Trinajstić information content (AvgIpc) is 3.01. The van der Waals surface area contributed by atoms with Gasteiger partial charge in [0, 0.05) is 50.1 Å². The number of pyridine rings is 1. The highest BCUT2D eigenvalue weighted by atomic mass is 16.5. The van der Waals surface area contributed by atoms with E-state index in [9.17, 15) is 4.79 Å². The van der Waals surface area contributed by atoms with E-state index >= 15 is 0 Å². The lowest BCUT2D eigenvalue weighted by atomic mass is 10.00. The fraction of sp³-hybridized carbons (Fsp3) is 0.550. The number of rotatable bonds is 3. The number of hydrogen-bond acceptors (Lipinski definition) is 3. The van der Waals surface area contributed by atoms with Gasteiger partial charge in [-0.25, -0.2) is 0 Å². The Balaban J connectivity index is 1.52. The molecule has 134 valence electrons. The van der Waals surface area contributed by atoms with Crippen molar-refractivity contribution in [3.63, 3.8) is 0 Å². The van der Waals surface area contributed by atoms with Crippen molar-refractivity contribution in [1.82, 2.24) is 14.2 Å². The molecule has 0 aliphatic carbocycles. The van der Waals surface area contributed by atoms with Gasteiger partial charge >= 0.3 is 0 Å². The normalized spacial score (nSPS) is 22.4. The van der Waals surface area contributed by atoms with Crippen molar-refractivity contribution >= 4 is 11.4 Å². The van der Waals surface area contributed by atoms with Crippen LogP contribution in [0.5, 0.6) is 0 Å². The topological polar surface area (TPSA) is 37.2 Å². The van der Waals surface area contributed by atoms with Gasteiger partial charge in [0.2, 0.25) is 0 Å². The molecule has 25 heavy (non-hydrogen) atoms. The summed E-state index contributed by atoms with van der Waals surface area (Å²) < 4.78 is 7.51. The summed E-state index contributed by atoms with van der Waals surface area (Å²) in [4.78, 5) is 17.7. The number of aryl methyl sites for hydroxylation is 1. The highest BCUT2D eigenvalue weighted by molar-refractivity contribution is 5.94. The average molecular weight is 341 g/mol. The first-order valence-electron chi connectivity index (χ1n) is 9.40. The molecule has 4 heterocycles. The molecule has 2 fully saturated rings. The third-order valence-corrected chi connectivity index (χ3v) is 5.44. The van der Waals surface area contributed by atoms with Gasteiger partial charge in [-0.2, -0.15) is 0 Å². The lowest BCUT2D eigenvalue weighted by molar-refractivity contribution is 0.0166. The largest absolute Gasteiger partial charge is 0.379 e. The third-order valence-electron chi connectivity index (χ3n) is 5.44. The Morgan fingerprint density at radius 1 is 1.16 bits per heavy atom. The van der Waals surface area contributed by atoms with Crippen LogP contribution >= 0.6 is 0 Å². The molecule has 0 bridgehead atoms. The van der Waals surface area contributed by atoms with E-state index in [0.29, 0.717) is 6.04 Å². The summed E-state index contributed by atoms with van der Waals surface area (Å²) in [5, 5.41) is 0. The van der Waals surface area contributed by atoms with Gasteiger partial charge in [-0.3, -0.25) is 9.69 Å². The van der Waals surface area contributed by atoms with Gasteiger partial charge in [0.25, 0.3) is 5.91 Å². The van der Waals surface area contributed by atoms with Crippen LogP contribution in [0.1, 0.15) is 35.2 Å². The number of likely N-dealkylation sites (tertiary alicyclic amines) is 1. The number of carbonyl (C=O) groups is 1. The number of carbonyl (C=O) groups excluding carboxylic acids is 1. The SMILES string of the molecule is Cc1cc2ccc(C(=O)N3CCCCC3CN3CCOCC3)cn2c1. The maximum atomic E-state index is 13.2. The Hall–Kier alpha value is -1.85. The van der Waals surface area contributed by atoms with Crippen molar-refractivity contribution in [3.05, 3.63) is 41.7 Å². The van der Waals surface area contributed by atoms with Crippen LogP contribution in [-0.2, 0) is 4.74 Å². The van der Waals surface area contributed by atoms with E-state index in [0.717, 1.165) is 63.3 Å². The molecule has 0 N–H and O–H groups in total. The molecule has 2 aliphatic heterocycles. The number of amides is 1. The van der Waals surface area contributed by atoms with Crippen molar-refractivity contribution in [3.8, 4) is 0 Å². The summed E-state index contributed by atoms with van der Waals surface area (Å²) >= 11 is 0. The summed E-state index contributed by atoms with van der Waals surface area (Å²) in [6.07, 6.45) is 7.48. The molecule has 2 saturated heterocycles. The molecule has 1 amide bonds. The van der Waals surface area contributed by atoms with Crippen molar-refractivity contribution in [2.24, 2.45) is 0 Å². The standard InChI is InChI=1S/C20H27N3O2/c1-16-12-18-6-5-17(14-22(18)13-16)20(24)23-7-3-2-4-19(23)15-21-8-10-25-11-9-21/h5-6,12-14,19H,2-4,7-11,15H2,1H3. The van der Waals surface area contributed by atoms with E-state index in [1.54, 1.807) is 0 Å². The molecule has 0 aromatic carbocycles. The second kappa shape index (κ2) is 7.18. The summed E-state index contributed by atoms with van der Waals surface area (Å²) in [6, 6.07) is 6.47. The molecule has 5 heteroatoms. The first-order chi connectivity index (χ1) is 12.2. The van der Waals surface area contributed by atoms with E-state index in [1.165, 1.54) is 12.0 Å². The van der Waals surface area contributed by atoms with E-state index in [-0.39, 0.29) is 5.91 Å². The zero-order valence-corrected chi connectivity index (χ0v) is 15.0. The quantitative estimate of drug-likeness (QED) is 0.861. The number of nitrogens with zero attached hydrogens (tertiary/aromatic N) is 3. The van der Waals surface area contributed by atoms with Gasteiger partial charge in [-0.05, 0) is 49.9 Å². The third kappa shape index (κ3) is 3.58. The van der Waals surface area contributed by atoms with Crippen LogP contribution < -0.4 is 0 Å². The number of aromatic nitrogens is 1. The molecule has 0 spiro atoms. The molecule has 2 aromatic rings. The number of hydrogen-bond donors (Lipinski definition) is 0. The van der Waals surface area contributed by atoms with Crippen molar-refractivity contribution in [2.45, 2.75) is 32.2 Å². The summed E-state index contributed by atoms with van der Waals surface area (Å²) in [5.41, 5.74) is 3.14. The first-order valence-corrected chi connectivity index (χ1v) is 9.40. The van der Waals surface area contributed by atoms with Gasteiger partial charge in [0.05, 0.1) is 18.8 Å². The van der Waals surface area contributed by atoms with Crippen LogP contribution in [0.4, 0.5) is 0 Å². The maximum Gasteiger partial charge on any atom is 0.255 e. The van der Waals surface area contributed by atoms with E-state index < -0.39 is 0 Å². The van der Waals surface area contributed by atoms with Gasteiger partial charge in [-0.1, -0.05) is 0 Å². The minimum Gasteiger partial charge on any atom is -0.379 e. The summed E-state index contributed by atoms with van der Waals surface area (Å²) in [6.45, 7) is 7.50. The summed E-state index contributed by atoms with van der Waals surface area (Å²) in [5.74, 6) is 0.172. The lowest BCUT2D eigenvalue weighted by Crippen LogP contribution is -2.51. The van der Waals surface area contributed by atoms with E-state index in [4.69, 9.17) is 4.74 Å². The second-order valence-electron chi connectivity index (χ2n) is 7.33. The van der Waals surface area contributed by atoms with Crippen LogP contribution in [0.25, 0.3) is 5.52 Å². The van der Waals surface area contributed by atoms with Gasteiger partial charge in [0.1, 0.15) is 0 Å². The molecular weight excluding hydrogens is 314 g/mol. The molecule has 1 atom stereocenters. The van der Waals surface area contributed by atoms with Crippen LogP contribution in [0.2, 0.25) is 0 Å². The van der Waals surface area contributed by atoms with Crippen molar-refractivity contribution < 1.29 is 9.53 Å². The highest BCUT2D eigenvalue weighted by Crippen LogP contribution is 2.22. The van der Waals surface area contributed by atoms with E-state index in [2.05, 4.69) is 33.4 Å². The minimum atomic E-state index is 0.172. The van der Waals surface area contributed by atoms with E-state index in [1.807, 2.05) is 18.3 Å². The smallest absolute Gasteiger partial charge is 0.255 e. The number of ether oxygens (including phenoxy) is 1. The fourth-order valence-electron chi connectivity index (χ4n) is 4.08. The number of morpholine rings is 1.